The number of hydrogen-bond donors (Lipinski definition) is 1. The van der Waals surface area contributed by atoms with Gasteiger partial charge in [0.15, 0.2) is 0 Å². The summed E-state index contributed by atoms with van der Waals surface area (Å²) in [5.74, 6) is 0.965. The monoisotopic (exact) mass is 221 g/mol. The Balaban J connectivity index is 2.14. The van der Waals surface area contributed by atoms with E-state index in [9.17, 15) is 0 Å². The molecule has 0 aromatic heterocycles. The summed E-state index contributed by atoms with van der Waals surface area (Å²) in [6.45, 7) is 7.54. The molecule has 2 heteroatoms. The maximum absolute atomic E-state index is 5.79. The zero-order chi connectivity index (χ0) is 11.8. The molecule has 0 heterocycles. The molecule has 0 amide bonds. The van der Waals surface area contributed by atoms with Gasteiger partial charge in [-0.05, 0) is 38.4 Å². The minimum atomic E-state index is 0.288. The second-order valence-electron chi connectivity index (χ2n) is 4.49. The number of ether oxygens (including phenoxy) is 1. The molecule has 0 saturated heterocycles. The maximum atomic E-state index is 5.79. The van der Waals surface area contributed by atoms with Crippen LogP contribution in [0.1, 0.15) is 33.6 Å². The van der Waals surface area contributed by atoms with Gasteiger partial charge in [-0.15, -0.1) is 0 Å². The molecule has 1 rings (SSSR count). The highest BCUT2D eigenvalue weighted by molar-refractivity contribution is 5.21. The summed E-state index contributed by atoms with van der Waals surface area (Å²) in [7, 11) is 0. The molecule has 2 nitrogen and oxygen atoms in total. The van der Waals surface area contributed by atoms with E-state index in [4.69, 9.17) is 4.74 Å². The molecule has 0 fully saturated rings. The van der Waals surface area contributed by atoms with E-state index in [1.54, 1.807) is 0 Å². The normalized spacial score (nSPS) is 12.8. The summed E-state index contributed by atoms with van der Waals surface area (Å²) in [6.07, 6.45) is 2.54. The van der Waals surface area contributed by atoms with E-state index in [1.807, 2.05) is 30.3 Å². The van der Waals surface area contributed by atoms with Gasteiger partial charge in [-0.25, -0.2) is 0 Å². The minimum absolute atomic E-state index is 0.288. The van der Waals surface area contributed by atoms with Crippen LogP contribution in [0.3, 0.4) is 0 Å². The van der Waals surface area contributed by atoms with Crippen molar-refractivity contribution in [3.63, 3.8) is 0 Å². The summed E-state index contributed by atoms with van der Waals surface area (Å²) >= 11 is 0. The van der Waals surface area contributed by atoms with Gasteiger partial charge < -0.3 is 10.1 Å². The van der Waals surface area contributed by atoms with E-state index < -0.39 is 0 Å². The van der Waals surface area contributed by atoms with Gasteiger partial charge in [-0.3, -0.25) is 0 Å². The Morgan fingerprint density at radius 3 is 2.44 bits per heavy atom. The fourth-order valence-electron chi connectivity index (χ4n) is 1.57. The molecule has 1 aromatic carbocycles. The highest BCUT2D eigenvalue weighted by Crippen LogP contribution is 2.12. The highest BCUT2D eigenvalue weighted by Gasteiger charge is 2.03. The molecular formula is C14H23NO. The van der Waals surface area contributed by atoms with Crippen LogP contribution in [0, 0.1) is 0 Å². The predicted molar refractivity (Wildman–Crippen MR) is 68.9 cm³/mol. The van der Waals surface area contributed by atoms with Crippen molar-refractivity contribution in [1.82, 2.24) is 5.32 Å². The van der Waals surface area contributed by atoms with E-state index in [2.05, 4.69) is 26.1 Å². The van der Waals surface area contributed by atoms with Crippen LogP contribution in [0.4, 0.5) is 0 Å². The lowest BCUT2D eigenvalue weighted by molar-refractivity contribution is 0.207. The largest absolute Gasteiger partial charge is 0.491 e. The second kappa shape index (κ2) is 7.29. The van der Waals surface area contributed by atoms with Crippen LogP contribution in [0.5, 0.6) is 5.75 Å². The standard InChI is InChI=1S/C14H23NO/c1-12(2)15-11-7-8-13(3)16-14-9-5-4-6-10-14/h4-6,9-10,12-13,15H,7-8,11H2,1-3H3. The molecule has 0 aliphatic heterocycles. The first-order chi connectivity index (χ1) is 7.68. The van der Waals surface area contributed by atoms with Crippen molar-refractivity contribution < 1.29 is 4.74 Å². The summed E-state index contributed by atoms with van der Waals surface area (Å²) in [4.78, 5) is 0. The maximum Gasteiger partial charge on any atom is 0.119 e. The lowest BCUT2D eigenvalue weighted by Gasteiger charge is -2.15. The molecule has 1 unspecified atom stereocenters. The fraction of sp³-hybridized carbons (Fsp3) is 0.571. The van der Waals surface area contributed by atoms with Crippen LogP contribution < -0.4 is 10.1 Å². The third-order valence-corrected chi connectivity index (χ3v) is 2.42. The molecule has 1 N–H and O–H groups in total. The Kier molecular flexibility index (Phi) is 5.94. The van der Waals surface area contributed by atoms with E-state index in [0.29, 0.717) is 6.04 Å². The van der Waals surface area contributed by atoms with Crippen LogP contribution in [0.15, 0.2) is 30.3 Å². The lowest BCUT2D eigenvalue weighted by Crippen LogP contribution is -2.25. The minimum Gasteiger partial charge on any atom is -0.491 e. The summed E-state index contributed by atoms with van der Waals surface area (Å²) < 4.78 is 5.79. The van der Waals surface area contributed by atoms with Crippen LogP contribution >= 0.6 is 0 Å². The first-order valence-corrected chi connectivity index (χ1v) is 6.13. The Bertz CT molecular complexity index is 271. The van der Waals surface area contributed by atoms with Gasteiger partial charge in [-0.2, -0.15) is 0 Å². The van der Waals surface area contributed by atoms with Crippen LogP contribution in [0.25, 0.3) is 0 Å². The Morgan fingerprint density at radius 1 is 1.12 bits per heavy atom. The number of para-hydroxylation sites is 1. The van der Waals surface area contributed by atoms with Gasteiger partial charge in [0.05, 0.1) is 6.10 Å². The van der Waals surface area contributed by atoms with Crippen molar-refractivity contribution in [2.24, 2.45) is 0 Å². The number of nitrogens with one attached hydrogen (secondary N) is 1. The van der Waals surface area contributed by atoms with E-state index in [-0.39, 0.29) is 6.10 Å². The molecule has 90 valence electrons. The van der Waals surface area contributed by atoms with Crippen molar-refractivity contribution in [3.05, 3.63) is 30.3 Å². The Hall–Kier alpha value is -1.02. The third kappa shape index (κ3) is 5.76. The summed E-state index contributed by atoms with van der Waals surface area (Å²) in [5, 5.41) is 3.41. The van der Waals surface area contributed by atoms with Crippen molar-refractivity contribution >= 4 is 0 Å². The predicted octanol–water partition coefficient (Wildman–Crippen LogP) is 3.23. The zero-order valence-electron chi connectivity index (χ0n) is 10.6. The molecule has 0 spiro atoms. The van der Waals surface area contributed by atoms with Crippen molar-refractivity contribution in [3.8, 4) is 5.75 Å². The summed E-state index contributed by atoms with van der Waals surface area (Å²) in [5.41, 5.74) is 0. The van der Waals surface area contributed by atoms with Gasteiger partial charge in [0.25, 0.3) is 0 Å². The smallest absolute Gasteiger partial charge is 0.119 e. The topological polar surface area (TPSA) is 21.3 Å². The quantitative estimate of drug-likeness (QED) is 0.714. The second-order valence-corrected chi connectivity index (χ2v) is 4.49. The average Bonchev–Trinajstić information content (AvgIpc) is 2.25. The first-order valence-electron chi connectivity index (χ1n) is 6.13. The Morgan fingerprint density at radius 2 is 1.81 bits per heavy atom. The van der Waals surface area contributed by atoms with E-state index in [1.165, 1.54) is 0 Å². The van der Waals surface area contributed by atoms with Gasteiger partial charge in [0, 0.05) is 6.04 Å². The fourth-order valence-corrected chi connectivity index (χ4v) is 1.57. The number of benzene rings is 1. The molecule has 0 radical (unpaired) electrons. The highest BCUT2D eigenvalue weighted by atomic mass is 16.5. The molecule has 0 saturated carbocycles. The van der Waals surface area contributed by atoms with E-state index in [0.717, 1.165) is 25.1 Å². The molecular weight excluding hydrogens is 198 g/mol. The first kappa shape index (κ1) is 13.0. The molecule has 0 aliphatic rings. The molecule has 0 aliphatic carbocycles. The van der Waals surface area contributed by atoms with Crippen molar-refractivity contribution in [1.29, 1.82) is 0 Å². The molecule has 0 bridgehead atoms. The van der Waals surface area contributed by atoms with Crippen LogP contribution in [-0.2, 0) is 0 Å². The van der Waals surface area contributed by atoms with Gasteiger partial charge in [0.1, 0.15) is 5.75 Å². The number of hydrogen-bond acceptors (Lipinski definition) is 2. The molecule has 16 heavy (non-hydrogen) atoms. The SMILES string of the molecule is CC(C)NCCCC(C)Oc1ccccc1. The third-order valence-electron chi connectivity index (χ3n) is 2.42. The van der Waals surface area contributed by atoms with Crippen molar-refractivity contribution in [2.45, 2.75) is 45.8 Å². The molecule has 1 aromatic rings. The van der Waals surface area contributed by atoms with E-state index >= 15 is 0 Å². The Labute approximate surface area is 99.0 Å². The average molecular weight is 221 g/mol. The van der Waals surface area contributed by atoms with Gasteiger partial charge >= 0.3 is 0 Å². The van der Waals surface area contributed by atoms with Gasteiger partial charge in [-0.1, -0.05) is 32.0 Å². The zero-order valence-corrected chi connectivity index (χ0v) is 10.6. The number of rotatable bonds is 7. The van der Waals surface area contributed by atoms with Crippen LogP contribution in [-0.4, -0.2) is 18.7 Å². The van der Waals surface area contributed by atoms with Crippen molar-refractivity contribution in [2.75, 3.05) is 6.54 Å². The lowest BCUT2D eigenvalue weighted by atomic mass is 10.2. The molecule has 1 atom stereocenters. The summed E-state index contributed by atoms with van der Waals surface area (Å²) in [6, 6.07) is 10.6. The van der Waals surface area contributed by atoms with Crippen LogP contribution in [0.2, 0.25) is 0 Å². The van der Waals surface area contributed by atoms with Gasteiger partial charge in [0.2, 0.25) is 0 Å².